The van der Waals surface area contributed by atoms with Gasteiger partial charge in [0.25, 0.3) is 5.91 Å². The van der Waals surface area contributed by atoms with Gasteiger partial charge in [-0.25, -0.2) is 0 Å². The maximum absolute atomic E-state index is 13.0. The molecule has 0 radical (unpaired) electrons. The maximum Gasteiger partial charge on any atom is 0.253 e. The molecule has 1 saturated heterocycles. The number of amides is 2. The molecule has 0 unspecified atom stereocenters. The summed E-state index contributed by atoms with van der Waals surface area (Å²) in [5, 5.41) is 13.8. The summed E-state index contributed by atoms with van der Waals surface area (Å²) in [5.41, 5.74) is 1.84. The lowest BCUT2D eigenvalue weighted by Crippen LogP contribution is -2.56. The fraction of sp³-hybridized carbons (Fsp3) is 0.455. The first-order valence-corrected chi connectivity index (χ1v) is 10.9. The highest BCUT2D eigenvalue weighted by molar-refractivity contribution is 7.13. The summed E-state index contributed by atoms with van der Waals surface area (Å²) in [6.07, 6.45) is 2.48. The lowest BCUT2D eigenvalue weighted by atomic mass is 9.61. The van der Waals surface area contributed by atoms with Crippen molar-refractivity contribution in [3.05, 3.63) is 47.3 Å². The Bertz CT molecular complexity index is 819. The minimum absolute atomic E-state index is 0.000461. The molecule has 1 aromatic heterocycles. The van der Waals surface area contributed by atoms with Gasteiger partial charge < -0.3 is 15.3 Å². The van der Waals surface area contributed by atoms with Crippen LogP contribution in [0.25, 0.3) is 10.4 Å². The van der Waals surface area contributed by atoms with Gasteiger partial charge in [-0.2, -0.15) is 0 Å². The smallest absolute Gasteiger partial charge is 0.253 e. The van der Waals surface area contributed by atoms with E-state index in [1.165, 1.54) is 4.88 Å². The van der Waals surface area contributed by atoms with Crippen LogP contribution in [0.15, 0.2) is 41.8 Å². The molecule has 28 heavy (non-hydrogen) atoms. The lowest BCUT2D eigenvalue weighted by Gasteiger charge is -2.50. The van der Waals surface area contributed by atoms with Crippen LogP contribution >= 0.6 is 11.3 Å². The second kappa shape index (κ2) is 8.45. The van der Waals surface area contributed by atoms with Crippen LogP contribution in [0, 0.1) is 17.8 Å². The number of nitrogens with zero attached hydrogens (tertiary/aromatic N) is 1. The van der Waals surface area contributed by atoms with E-state index >= 15 is 0 Å². The third kappa shape index (κ3) is 3.84. The van der Waals surface area contributed by atoms with Gasteiger partial charge in [-0.15, -0.1) is 11.3 Å². The van der Waals surface area contributed by atoms with Gasteiger partial charge in [0.15, 0.2) is 0 Å². The van der Waals surface area contributed by atoms with Crippen LogP contribution in [0.3, 0.4) is 0 Å². The predicted molar refractivity (Wildman–Crippen MR) is 110 cm³/mol. The zero-order chi connectivity index (χ0) is 19.5. The van der Waals surface area contributed by atoms with Crippen LogP contribution in [0.5, 0.6) is 0 Å². The van der Waals surface area contributed by atoms with Crippen molar-refractivity contribution in [2.45, 2.75) is 19.3 Å². The summed E-state index contributed by atoms with van der Waals surface area (Å²) in [5.74, 6) is 0.948. The molecule has 1 aliphatic carbocycles. The number of carbonyl (C=O) groups is 2. The summed E-state index contributed by atoms with van der Waals surface area (Å²) >= 11 is 1.69. The molecule has 2 N–H and O–H groups in total. The topological polar surface area (TPSA) is 69.6 Å². The lowest BCUT2D eigenvalue weighted by molar-refractivity contribution is -0.136. The molecule has 2 aliphatic rings. The van der Waals surface area contributed by atoms with Crippen molar-refractivity contribution >= 4 is 23.2 Å². The van der Waals surface area contributed by atoms with Gasteiger partial charge in [0, 0.05) is 42.6 Å². The molecule has 2 fully saturated rings. The number of hydrogen-bond acceptors (Lipinski definition) is 4. The zero-order valence-electron chi connectivity index (χ0n) is 15.8. The average molecular weight is 399 g/mol. The van der Waals surface area contributed by atoms with Gasteiger partial charge in [0.2, 0.25) is 5.91 Å². The van der Waals surface area contributed by atoms with E-state index in [0.717, 1.165) is 24.9 Å². The number of thiophene rings is 1. The Hall–Kier alpha value is -2.18. The van der Waals surface area contributed by atoms with E-state index in [4.69, 9.17) is 5.11 Å². The average Bonchev–Trinajstić information content (AvgIpc) is 3.23. The largest absolute Gasteiger partial charge is 0.396 e. The first-order valence-electron chi connectivity index (χ1n) is 9.99. The number of aliphatic hydroxyl groups excluding tert-OH is 1. The molecule has 2 amide bonds. The number of likely N-dealkylation sites (tertiary alicyclic amines) is 1. The zero-order valence-corrected chi connectivity index (χ0v) is 16.7. The maximum atomic E-state index is 13.0. The second-order valence-corrected chi connectivity index (χ2v) is 8.68. The van der Waals surface area contributed by atoms with Crippen molar-refractivity contribution in [3.8, 4) is 10.4 Å². The molecule has 2 heterocycles. The highest BCUT2D eigenvalue weighted by Crippen LogP contribution is 2.45. The molecule has 5 nitrogen and oxygen atoms in total. The number of carbonyl (C=O) groups excluding carboxylic acids is 2. The number of aliphatic hydroxyl groups is 1. The minimum atomic E-state index is 0.000461. The van der Waals surface area contributed by atoms with Gasteiger partial charge in [0.05, 0.1) is 0 Å². The molecule has 0 spiro atoms. The highest BCUT2D eigenvalue weighted by Gasteiger charge is 2.48. The molecule has 6 heteroatoms. The van der Waals surface area contributed by atoms with Crippen molar-refractivity contribution in [1.82, 2.24) is 10.2 Å². The Morgan fingerprint density at radius 1 is 1.21 bits per heavy atom. The van der Waals surface area contributed by atoms with Gasteiger partial charge >= 0.3 is 0 Å². The summed E-state index contributed by atoms with van der Waals surface area (Å²) in [6.45, 7) is 2.03. The molecule has 2 aromatic rings. The van der Waals surface area contributed by atoms with Crippen molar-refractivity contribution in [1.29, 1.82) is 0 Å². The molecule has 1 aliphatic heterocycles. The highest BCUT2D eigenvalue weighted by atomic mass is 32.1. The molecule has 0 bridgehead atoms. The van der Waals surface area contributed by atoms with Crippen molar-refractivity contribution in [3.63, 3.8) is 0 Å². The molecule has 4 rings (SSSR count). The van der Waals surface area contributed by atoms with Gasteiger partial charge in [-0.3, -0.25) is 9.59 Å². The number of nitrogens with one attached hydrogen (secondary N) is 1. The third-order valence-corrected chi connectivity index (χ3v) is 6.99. The Kier molecular flexibility index (Phi) is 5.78. The van der Waals surface area contributed by atoms with Crippen LogP contribution < -0.4 is 5.32 Å². The van der Waals surface area contributed by atoms with E-state index in [2.05, 4.69) is 11.4 Å². The summed E-state index contributed by atoms with van der Waals surface area (Å²) in [7, 11) is 0. The summed E-state index contributed by atoms with van der Waals surface area (Å²) < 4.78 is 0. The number of rotatable bonds is 6. The number of piperidine rings is 1. The van der Waals surface area contributed by atoms with E-state index in [0.29, 0.717) is 31.0 Å². The SMILES string of the molecule is O=C(NCCCO)[C@@H]1C[C@H]2CCN(C(=O)c3ccc(-c4cccs4)cc3)C[C@H]21. The molecule has 148 valence electrons. The Morgan fingerprint density at radius 3 is 2.75 bits per heavy atom. The molecule has 3 atom stereocenters. The number of fused-ring (bicyclic) bond motifs is 1. The predicted octanol–water partition coefficient (Wildman–Crippen LogP) is 3.01. The van der Waals surface area contributed by atoms with Crippen LogP contribution in [-0.4, -0.2) is 48.1 Å². The quantitative estimate of drug-likeness (QED) is 0.735. The first-order chi connectivity index (χ1) is 13.7. The van der Waals surface area contributed by atoms with Crippen molar-refractivity contribution < 1.29 is 14.7 Å². The van der Waals surface area contributed by atoms with E-state index < -0.39 is 0 Å². The number of benzene rings is 1. The normalized spacial score (nSPS) is 23.6. The Morgan fingerprint density at radius 2 is 2.04 bits per heavy atom. The monoisotopic (exact) mass is 398 g/mol. The van der Waals surface area contributed by atoms with Gasteiger partial charge in [-0.1, -0.05) is 18.2 Å². The van der Waals surface area contributed by atoms with Crippen molar-refractivity contribution in [2.24, 2.45) is 17.8 Å². The van der Waals surface area contributed by atoms with E-state index in [9.17, 15) is 9.59 Å². The molecule has 1 saturated carbocycles. The molecular weight excluding hydrogens is 372 g/mol. The van der Waals surface area contributed by atoms with Crippen LogP contribution in [0.2, 0.25) is 0 Å². The summed E-state index contributed by atoms with van der Waals surface area (Å²) in [4.78, 5) is 28.4. The van der Waals surface area contributed by atoms with Crippen LogP contribution in [0.1, 0.15) is 29.6 Å². The number of hydrogen-bond donors (Lipinski definition) is 2. The fourth-order valence-electron chi connectivity index (χ4n) is 4.39. The van der Waals surface area contributed by atoms with E-state index in [1.54, 1.807) is 11.3 Å². The van der Waals surface area contributed by atoms with Crippen LogP contribution in [0.4, 0.5) is 0 Å². The van der Waals surface area contributed by atoms with E-state index in [-0.39, 0.29) is 30.3 Å². The third-order valence-electron chi connectivity index (χ3n) is 6.08. The van der Waals surface area contributed by atoms with Gasteiger partial charge in [-0.05, 0) is 60.2 Å². The Balaban J connectivity index is 1.37. The van der Waals surface area contributed by atoms with Crippen LogP contribution in [-0.2, 0) is 4.79 Å². The summed E-state index contributed by atoms with van der Waals surface area (Å²) in [6, 6.07) is 11.9. The standard InChI is InChI=1S/C22H26N2O3S/c25-11-2-9-23-21(26)18-13-17-8-10-24(14-19(17)18)22(27)16-6-4-15(5-7-16)20-3-1-12-28-20/h1,3-7,12,17-19,25H,2,8-11,13-14H2,(H,23,26)/t17-,18-,19-/m1/s1. The minimum Gasteiger partial charge on any atom is -0.396 e. The van der Waals surface area contributed by atoms with Gasteiger partial charge in [0.1, 0.15) is 0 Å². The molecule has 1 aromatic carbocycles. The first kappa shape index (κ1) is 19.2. The fourth-order valence-corrected chi connectivity index (χ4v) is 5.13. The van der Waals surface area contributed by atoms with Crippen molar-refractivity contribution in [2.75, 3.05) is 26.2 Å². The second-order valence-electron chi connectivity index (χ2n) is 7.73. The Labute approximate surface area is 169 Å². The van der Waals surface area contributed by atoms with E-state index in [1.807, 2.05) is 40.6 Å². The molecular formula is C22H26N2O3S.